The molecule has 0 bridgehead atoms. The summed E-state index contributed by atoms with van der Waals surface area (Å²) < 4.78 is 5.58. The van der Waals surface area contributed by atoms with Gasteiger partial charge in [0.25, 0.3) is 0 Å². The summed E-state index contributed by atoms with van der Waals surface area (Å²) in [6.07, 6.45) is 1.90. The highest BCUT2D eigenvalue weighted by Crippen LogP contribution is 2.25. The lowest BCUT2D eigenvalue weighted by atomic mass is 10.0. The van der Waals surface area contributed by atoms with E-state index in [9.17, 15) is 0 Å². The predicted molar refractivity (Wildman–Crippen MR) is 83.1 cm³/mol. The third kappa shape index (κ3) is 3.93. The molecule has 4 nitrogen and oxygen atoms in total. The number of rotatable bonds is 3. The Balaban J connectivity index is 2.13. The fourth-order valence-electron chi connectivity index (χ4n) is 2.37. The van der Waals surface area contributed by atoms with E-state index in [4.69, 9.17) is 4.74 Å². The lowest BCUT2D eigenvalue weighted by Crippen LogP contribution is -2.53. The second-order valence-electron chi connectivity index (χ2n) is 7.14. The molecule has 4 heteroatoms. The van der Waals surface area contributed by atoms with E-state index in [2.05, 4.69) is 62.0 Å². The van der Waals surface area contributed by atoms with Crippen molar-refractivity contribution in [2.24, 2.45) is 0 Å². The van der Waals surface area contributed by atoms with E-state index in [0.717, 1.165) is 32.1 Å². The smallest absolute Gasteiger partial charge is 0.129 e. The first-order valence-electron chi connectivity index (χ1n) is 7.33. The summed E-state index contributed by atoms with van der Waals surface area (Å²) >= 11 is 0. The van der Waals surface area contributed by atoms with Crippen LogP contribution >= 0.6 is 0 Å². The van der Waals surface area contributed by atoms with Crippen molar-refractivity contribution in [1.82, 2.24) is 10.3 Å². The van der Waals surface area contributed by atoms with Crippen molar-refractivity contribution in [2.45, 2.75) is 52.2 Å². The van der Waals surface area contributed by atoms with Crippen molar-refractivity contribution < 1.29 is 4.74 Å². The summed E-state index contributed by atoms with van der Waals surface area (Å²) in [7, 11) is 0. The average Bonchev–Trinajstić information content (AvgIpc) is 2.35. The molecule has 0 radical (unpaired) electrons. The third-order valence-electron chi connectivity index (χ3n) is 3.55. The normalized spacial score (nSPS) is 19.1. The van der Waals surface area contributed by atoms with E-state index in [1.165, 1.54) is 5.56 Å². The van der Waals surface area contributed by atoms with Crippen LogP contribution in [0, 0.1) is 0 Å². The first-order valence-corrected chi connectivity index (χ1v) is 7.33. The van der Waals surface area contributed by atoms with Crippen molar-refractivity contribution in [3.63, 3.8) is 0 Å². The summed E-state index contributed by atoms with van der Waals surface area (Å²) in [5, 5.41) is 3.52. The Morgan fingerprint density at radius 2 is 2.15 bits per heavy atom. The van der Waals surface area contributed by atoms with Gasteiger partial charge in [-0.05, 0) is 52.3 Å². The molecular weight excluding hydrogens is 250 g/mol. The Morgan fingerprint density at radius 3 is 2.80 bits per heavy atom. The Kier molecular flexibility index (Phi) is 4.35. The molecule has 1 fully saturated rings. The van der Waals surface area contributed by atoms with E-state index in [0.29, 0.717) is 0 Å². The molecule has 1 saturated heterocycles. The van der Waals surface area contributed by atoms with Crippen LogP contribution in [0.4, 0.5) is 5.82 Å². The summed E-state index contributed by atoms with van der Waals surface area (Å²) in [5.74, 6) is 1.05. The fourth-order valence-corrected chi connectivity index (χ4v) is 2.37. The minimum atomic E-state index is 0.00132. The lowest BCUT2D eigenvalue weighted by Gasteiger charge is -2.43. The van der Waals surface area contributed by atoms with E-state index >= 15 is 0 Å². The largest absolute Gasteiger partial charge is 0.377 e. The van der Waals surface area contributed by atoms with Gasteiger partial charge in [0.1, 0.15) is 5.82 Å². The summed E-state index contributed by atoms with van der Waals surface area (Å²) in [6.45, 7) is 14.2. The SMILES string of the molecule is CC(C)(C)NCc1ccnc(N2CCOCC2(C)C)c1. The average molecular weight is 277 g/mol. The molecule has 1 aromatic rings. The van der Waals surface area contributed by atoms with Gasteiger partial charge >= 0.3 is 0 Å². The Morgan fingerprint density at radius 1 is 1.40 bits per heavy atom. The molecule has 2 rings (SSSR count). The van der Waals surface area contributed by atoms with Gasteiger partial charge in [-0.1, -0.05) is 0 Å². The van der Waals surface area contributed by atoms with Gasteiger partial charge in [-0.3, -0.25) is 0 Å². The molecular formula is C16H27N3O. The van der Waals surface area contributed by atoms with E-state index < -0.39 is 0 Å². The molecule has 2 heterocycles. The van der Waals surface area contributed by atoms with Gasteiger partial charge < -0.3 is 15.0 Å². The van der Waals surface area contributed by atoms with E-state index in [-0.39, 0.29) is 11.1 Å². The van der Waals surface area contributed by atoms with E-state index in [1.807, 2.05) is 6.20 Å². The second kappa shape index (κ2) is 5.70. The lowest BCUT2D eigenvalue weighted by molar-refractivity contribution is 0.0639. The van der Waals surface area contributed by atoms with Crippen LogP contribution in [0.25, 0.3) is 0 Å². The molecule has 1 N–H and O–H groups in total. The maximum Gasteiger partial charge on any atom is 0.129 e. The molecule has 0 amide bonds. The Labute approximate surface area is 122 Å². The van der Waals surface area contributed by atoms with Crippen LogP contribution in [0.2, 0.25) is 0 Å². The zero-order valence-corrected chi connectivity index (χ0v) is 13.4. The molecule has 0 saturated carbocycles. The van der Waals surface area contributed by atoms with Gasteiger partial charge in [0, 0.05) is 24.8 Å². The van der Waals surface area contributed by atoms with Crippen molar-refractivity contribution in [3.05, 3.63) is 23.9 Å². The van der Waals surface area contributed by atoms with Gasteiger partial charge in [0.05, 0.1) is 18.8 Å². The highest BCUT2D eigenvalue weighted by atomic mass is 16.5. The summed E-state index contributed by atoms with van der Waals surface area (Å²) in [4.78, 5) is 6.89. The first kappa shape index (κ1) is 15.3. The number of pyridine rings is 1. The molecule has 1 aliphatic rings. The first-order chi connectivity index (χ1) is 9.28. The monoisotopic (exact) mass is 277 g/mol. The highest BCUT2D eigenvalue weighted by molar-refractivity contribution is 5.44. The van der Waals surface area contributed by atoms with Crippen LogP contribution in [-0.2, 0) is 11.3 Å². The molecule has 0 spiro atoms. The zero-order chi connectivity index (χ0) is 14.8. The standard InChI is InChI=1S/C16H27N3O/c1-15(2,3)18-11-13-6-7-17-14(10-13)19-8-9-20-12-16(19,4)5/h6-7,10,18H,8-9,11-12H2,1-5H3. The molecule has 1 aliphatic heterocycles. The zero-order valence-electron chi connectivity index (χ0n) is 13.4. The fraction of sp³-hybridized carbons (Fsp3) is 0.688. The van der Waals surface area contributed by atoms with Crippen molar-refractivity contribution >= 4 is 5.82 Å². The maximum absolute atomic E-state index is 5.58. The molecule has 0 atom stereocenters. The molecule has 0 aliphatic carbocycles. The molecule has 112 valence electrons. The minimum absolute atomic E-state index is 0.00132. The number of nitrogens with one attached hydrogen (secondary N) is 1. The number of hydrogen-bond donors (Lipinski definition) is 1. The van der Waals surface area contributed by atoms with Gasteiger partial charge in [-0.15, -0.1) is 0 Å². The summed E-state index contributed by atoms with van der Waals surface area (Å²) in [6, 6.07) is 4.27. The topological polar surface area (TPSA) is 37.4 Å². The molecule has 20 heavy (non-hydrogen) atoms. The second-order valence-corrected chi connectivity index (χ2v) is 7.14. The number of nitrogens with zero attached hydrogens (tertiary/aromatic N) is 2. The van der Waals surface area contributed by atoms with Crippen LogP contribution in [0.5, 0.6) is 0 Å². The minimum Gasteiger partial charge on any atom is -0.377 e. The van der Waals surface area contributed by atoms with Gasteiger partial charge in [0.2, 0.25) is 0 Å². The van der Waals surface area contributed by atoms with Crippen LogP contribution in [0.1, 0.15) is 40.2 Å². The molecule has 1 aromatic heterocycles. The van der Waals surface area contributed by atoms with Crippen LogP contribution in [0.3, 0.4) is 0 Å². The highest BCUT2D eigenvalue weighted by Gasteiger charge is 2.31. The van der Waals surface area contributed by atoms with E-state index in [1.54, 1.807) is 0 Å². The Bertz CT molecular complexity index is 451. The summed E-state index contributed by atoms with van der Waals surface area (Å²) in [5.41, 5.74) is 1.40. The van der Waals surface area contributed by atoms with Crippen LogP contribution in [-0.4, -0.2) is 35.8 Å². The van der Waals surface area contributed by atoms with Crippen molar-refractivity contribution in [2.75, 3.05) is 24.7 Å². The quantitative estimate of drug-likeness (QED) is 0.921. The number of morpholine rings is 1. The van der Waals surface area contributed by atoms with Crippen LogP contribution < -0.4 is 10.2 Å². The third-order valence-corrected chi connectivity index (χ3v) is 3.55. The van der Waals surface area contributed by atoms with Gasteiger partial charge in [0.15, 0.2) is 0 Å². The Hall–Kier alpha value is -1.13. The van der Waals surface area contributed by atoms with Gasteiger partial charge in [-0.2, -0.15) is 0 Å². The van der Waals surface area contributed by atoms with Crippen molar-refractivity contribution in [1.29, 1.82) is 0 Å². The number of ether oxygens (including phenoxy) is 1. The number of anilines is 1. The number of aromatic nitrogens is 1. The molecule has 0 aromatic carbocycles. The number of hydrogen-bond acceptors (Lipinski definition) is 4. The predicted octanol–water partition coefficient (Wildman–Crippen LogP) is 2.58. The van der Waals surface area contributed by atoms with Gasteiger partial charge in [-0.25, -0.2) is 4.98 Å². The molecule has 0 unspecified atom stereocenters. The van der Waals surface area contributed by atoms with Crippen LogP contribution in [0.15, 0.2) is 18.3 Å². The maximum atomic E-state index is 5.58. The van der Waals surface area contributed by atoms with Crippen molar-refractivity contribution in [3.8, 4) is 0 Å².